The van der Waals surface area contributed by atoms with Crippen molar-refractivity contribution in [2.24, 2.45) is 0 Å². The molecule has 1 rings (SSSR count). The van der Waals surface area contributed by atoms with Gasteiger partial charge in [0.25, 0.3) is 5.91 Å². The van der Waals surface area contributed by atoms with Gasteiger partial charge in [-0.3, -0.25) is 4.79 Å². The number of carbonyl (C=O) groups is 2. The topological polar surface area (TPSA) is 55.4 Å². The summed E-state index contributed by atoms with van der Waals surface area (Å²) >= 11 is 0. The molecule has 1 aromatic carbocycles. The van der Waals surface area contributed by atoms with Crippen molar-refractivity contribution in [2.75, 3.05) is 0 Å². The molecule has 4 heteroatoms. The Kier molecular flexibility index (Phi) is 5.36. The first-order valence-corrected chi connectivity index (χ1v) is 6.11. The van der Waals surface area contributed by atoms with Gasteiger partial charge in [0, 0.05) is 5.56 Å². The lowest BCUT2D eigenvalue weighted by Gasteiger charge is -2.16. The van der Waals surface area contributed by atoms with Crippen LogP contribution in [0.4, 0.5) is 0 Å². The van der Waals surface area contributed by atoms with E-state index in [0.29, 0.717) is 5.56 Å². The van der Waals surface area contributed by atoms with Gasteiger partial charge in [-0.05, 0) is 32.4 Å². The first kappa shape index (κ1) is 14.2. The van der Waals surface area contributed by atoms with Crippen molar-refractivity contribution in [1.29, 1.82) is 0 Å². The molecule has 0 saturated heterocycles. The van der Waals surface area contributed by atoms with Crippen LogP contribution in [0.25, 0.3) is 0 Å². The lowest BCUT2D eigenvalue weighted by atomic mass is 10.2. The molecule has 0 aliphatic rings. The summed E-state index contributed by atoms with van der Waals surface area (Å²) in [4.78, 5) is 23.4. The van der Waals surface area contributed by atoms with E-state index in [2.05, 4.69) is 5.32 Å². The van der Waals surface area contributed by atoms with E-state index in [1.165, 1.54) is 0 Å². The SMILES string of the molecule is CCC(C)OC(=O)[C@H](C)NC(=O)c1ccccc1. The highest BCUT2D eigenvalue weighted by Crippen LogP contribution is 2.02. The molecule has 1 aromatic rings. The second kappa shape index (κ2) is 6.79. The van der Waals surface area contributed by atoms with Crippen LogP contribution >= 0.6 is 0 Å². The summed E-state index contributed by atoms with van der Waals surface area (Å²) in [7, 11) is 0. The van der Waals surface area contributed by atoms with Crippen LogP contribution in [0.2, 0.25) is 0 Å². The first-order valence-electron chi connectivity index (χ1n) is 6.11. The van der Waals surface area contributed by atoms with Crippen molar-refractivity contribution in [1.82, 2.24) is 5.32 Å². The molecule has 0 heterocycles. The summed E-state index contributed by atoms with van der Waals surface area (Å²) in [5, 5.41) is 2.61. The maximum absolute atomic E-state index is 11.8. The number of ether oxygens (including phenoxy) is 1. The standard InChI is InChI=1S/C14H19NO3/c1-4-10(2)18-14(17)11(3)15-13(16)12-8-6-5-7-9-12/h5-11H,4H2,1-3H3,(H,15,16)/t10?,11-/m0/s1. The second-order valence-corrected chi connectivity index (χ2v) is 4.22. The van der Waals surface area contributed by atoms with E-state index in [1.54, 1.807) is 31.2 Å². The molecule has 0 saturated carbocycles. The summed E-state index contributed by atoms with van der Waals surface area (Å²) < 4.78 is 5.14. The lowest BCUT2D eigenvalue weighted by Crippen LogP contribution is -2.40. The predicted molar refractivity (Wildman–Crippen MR) is 69.2 cm³/mol. The van der Waals surface area contributed by atoms with Crippen molar-refractivity contribution < 1.29 is 14.3 Å². The van der Waals surface area contributed by atoms with Crippen LogP contribution in [-0.2, 0) is 9.53 Å². The third-order valence-electron chi connectivity index (χ3n) is 2.63. The molecule has 0 aromatic heterocycles. The fourth-order valence-corrected chi connectivity index (χ4v) is 1.31. The summed E-state index contributed by atoms with van der Waals surface area (Å²) in [6.07, 6.45) is 0.624. The van der Waals surface area contributed by atoms with Crippen LogP contribution in [0.1, 0.15) is 37.6 Å². The van der Waals surface area contributed by atoms with Crippen LogP contribution in [0, 0.1) is 0 Å². The largest absolute Gasteiger partial charge is 0.461 e. The van der Waals surface area contributed by atoms with E-state index in [1.807, 2.05) is 19.9 Å². The Morgan fingerprint density at radius 3 is 2.39 bits per heavy atom. The van der Waals surface area contributed by atoms with Crippen molar-refractivity contribution in [3.8, 4) is 0 Å². The van der Waals surface area contributed by atoms with Crippen LogP contribution in [0.5, 0.6) is 0 Å². The minimum Gasteiger partial charge on any atom is -0.461 e. The van der Waals surface area contributed by atoms with Crippen molar-refractivity contribution in [2.45, 2.75) is 39.3 Å². The number of amides is 1. The van der Waals surface area contributed by atoms with Gasteiger partial charge >= 0.3 is 5.97 Å². The maximum Gasteiger partial charge on any atom is 0.328 e. The maximum atomic E-state index is 11.8. The highest BCUT2D eigenvalue weighted by Gasteiger charge is 2.19. The number of carbonyl (C=O) groups excluding carboxylic acids is 2. The van der Waals surface area contributed by atoms with E-state index in [0.717, 1.165) is 6.42 Å². The second-order valence-electron chi connectivity index (χ2n) is 4.22. The van der Waals surface area contributed by atoms with Crippen molar-refractivity contribution in [3.05, 3.63) is 35.9 Å². The Hall–Kier alpha value is -1.84. The smallest absolute Gasteiger partial charge is 0.328 e. The molecule has 98 valence electrons. The Morgan fingerprint density at radius 1 is 1.22 bits per heavy atom. The molecule has 0 aliphatic heterocycles. The predicted octanol–water partition coefficient (Wildman–Crippen LogP) is 2.15. The van der Waals surface area contributed by atoms with Gasteiger partial charge in [-0.2, -0.15) is 0 Å². The van der Waals surface area contributed by atoms with Gasteiger partial charge in [-0.1, -0.05) is 25.1 Å². The number of benzene rings is 1. The minimum atomic E-state index is -0.647. The molecule has 1 amide bonds. The Labute approximate surface area is 107 Å². The molecule has 0 fully saturated rings. The molecule has 1 N–H and O–H groups in total. The Bertz CT molecular complexity index is 403. The molecule has 0 bridgehead atoms. The van der Waals surface area contributed by atoms with Gasteiger partial charge in [-0.15, -0.1) is 0 Å². The van der Waals surface area contributed by atoms with Crippen molar-refractivity contribution >= 4 is 11.9 Å². The highest BCUT2D eigenvalue weighted by atomic mass is 16.5. The quantitative estimate of drug-likeness (QED) is 0.813. The molecule has 0 aliphatic carbocycles. The van der Waals surface area contributed by atoms with E-state index in [9.17, 15) is 9.59 Å². The Balaban J connectivity index is 2.52. The third kappa shape index (κ3) is 4.20. The molecule has 0 spiro atoms. The van der Waals surface area contributed by atoms with Gasteiger partial charge in [0.05, 0.1) is 6.10 Å². The zero-order valence-electron chi connectivity index (χ0n) is 11.0. The van der Waals surface area contributed by atoms with E-state index in [-0.39, 0.29) is 12.0 Å². The van der Waals surface area contributed by atoms with Crippen molar-refractivity contribution in [3.63, 3.8) is 0 Å². The van der Waals surface area contributed by atoms with Crippen LogP contribution in [0.15, 0.2) is 30.3 Å². The molecule has 2 atom stereocenters. The van der Waals surface area contributed by atoms with Gasteiger partial charge in [0.15, 0.2) is 0 Å². The van der Waals surface area contributed by atoms with Gasteiger partial charge in [0.1, 0.15) is 6.04 Å². The third-order valence-corrected chi connectivity index (χ3v) is 2.63. The van der Waals surface area contributed by atoms with E-state index in [4.69, 9.17) is 4.74 Å². The monoisotopic (exact) mass is 249 g/mol. The van der Waals surface area contributed by atoms with Gasteiger partial charge in [0.2, 0.25) is 0 Å². The van der Waals surface area contributed by atoms with E-state index < -0.39 is 12.0 Å². The van der Waals surface area contributed by atoms with E-state index >= 15 is 0 Å². The highest BCUT2D eigenvalue weighted by molar-refractivity contribution is 5.96. The van der Waals surface area contributed by atoms with Crippen LogP contribution in [-0.4, -0.2) is 24.0 Å². The summed E-state index contributed by atoms with van der Waals surface area (Å²) in [5.41, 5.74) is 0.528. The van der Waals surface area contributed by atoms with Gasteiger partial charge in [-0.25, -0.2) is 4.79 Å². The Morgan fingerprint density at radius 2 is 1.83 bits per heavy atom. The van der Waals surface area contributed by atoms with Crippen LogP contribution in [0.3, 0.4) is 0 Å². The van der Waals surface area contributed by atoms with Gasteiger partial charge < -0.3 is 10.1 Å². The van der Waals surface area contributed by atoms with Crippen LogP contribution < -0.4 is 5.32 Å². The summed E-state index contributed by atoms with van der Waals surface area (Å²) in [6.45, 7) is 5.38. The number of nitrogens with one attached hydrogen (secondary N) is 1. The summed E-state index contributed by atoms with van der Waals surface area (Å²) in [6, 6.07) is 8.13. The zero-order valence-corrected chi connectivity index (χ0v) is 11.0. The number of esters is 1. The molecule has 18 heavy (non-hydrogen) atoms. The number of hydrogen-bond donors (Lipinski definition) is 1. The minimum absolute atomic E-state index is 0.131. The fourth-order valence-electron chi connectivity index (χ4n) is 1.31. The first-order chi connectivity index (χ1) is 8.54. The molecule has 0 radical (unpaired) electrons. The summed E-state index contributed by atoms with van der Waals surface area (Å²) in [5.74, 6) is -0.683. The molecular formula is C14H19NO3. The zero-order chi connectivity index (χ0) is 13.5. The fraction of sp³-hybridized carbons (Fsp3) is 0.429. The average molecular weight is 249 g/mol. The molecule has 4 nitrogen and oxygen atoms in total. The average Bonchev–Trinajstić information content (AvgIpc) is 2.39. The normalized spacial score (nSPS) is 13.5. The lowest BCUT2D eigenvalue weighted by molar-refractivity contribution is -0.150. The molecular weight excluding hydrogens is 230 g/mol. The number of hydrogen-bond acceptors (Lipinski definition) is 3. The molecule has 1 unspecified atom stereocenters. The number of rotatable bonds is 5.